The van der Waals surface area contributed by atoms with Crippen LogP contribution in [0.5, 0.6) is 0 Å². The maximum atomic E-state index is 2.48. The first-order chi connectivity index (χ1) is 23.2. The predicted molar refractivity (Wildman–Crippen MR) is 224 cm³/mol. The van der Waals surface area contributed by atoms with Gasteiger partial charge in [-0.25, -0.2) is 0 Å². The van der Waals surface area contributed by atoms with Crippen LogP contribution < -0.4 is 82.2 Å². The van der Waals surface area contributed by atoms with E-state index in [0.717, 1.165) is 0 Å². The molecule has 3 aromatic rings. The number of anilines is 6. The number of halogens is 3. The SMILES string of the molecule is CC1=C(C)C(C)[C]([Ti+3][Si](c2c(N(C)C)cc(C)cc2N(C)C)(c2c(N(C)C)cc(C)cc2N(C)C)c2c(N(C)C)cc(C)cc2N(C)C)=C1C.[Cl-].[Cl-].[Cl-]. The minimum atomic E-state index is -3.05. The first-order valence-electron chi connectivity index (χ1n) is 17.8. The number of rotatable bonds is 11. The first kappa shape index (κ1) is 48.8. The van der Waals surface area contributed by atoms with E-state index in [0.29, 0.717) is 5.92 Å². The van der Waals surface area contributed by atoms with E-state index in [-0.39, 0.29) is 37.2 Å². The van der Waals surface area contributed by atoms with Crippen molar-refractivity contribution in [3.05, 3.63) is 73.7 Å². The molecule has 1 aliphatic carbocycles. The molecule has 0 amide bonds. The number of aryl methyl sites for hydroxylation is 3. The molecule has 0 N–H and O–H groups in total. The molecule has 0 bridgehead atoms. The van der Waals surface area contributed by atoms with Crippen molar-refractivity contribution in [2.24, 2.45) is 5.92 Å². The van der Waals surface area contributed by atoms with Crippen LogP contribution in [0.15, 0.2) is 57.0 Å². The van der Waals surface area contributed by atoms with Gasteiger partial charge in [0.25, 0.3) is 0 Å². The molecule has 0 spiro atoms. The molecule has 6 nitrogen and oxygen atoms in total. The molecule has 0 fully saturated rings. The van der Waals surface area contributed by atoms with Crippen LogP contribution in [0.4, 0.5) is 34.1 Å². The molecule has 1 atom stereocenters. The van der Waals surface area contributed by atoms with Crippen molar-refractivity contribution >= 4 is 55.6 Å². The summed E-state index contributed by atoms with van der Waals surface area (Å²) in [5, 5.41) is 4.58. The second-order valence-electron chi connectivity index (χ2n) is 15.8. The summed E-state index contributed by atoms with van der Waals surface area (Å²) in [6.45, 7) is 16.4. The molecule has 0 radical (unpaired) electrons. The molecule has 53 heavy (non-hydrogen) atoms. The zero-order valence-corrected chi connectivity index (χ0v) is 40.7. The molecule has 291 valence electrons. The van der Waals surface area contributed by atoms with Gasteiger partial charge >= 0.3 is 316 Å². The quantitative estimate of drug-likeness (QED) is 0.154. The molecule has 4 rings (SSSR count). The largest absolute Gasteiger partial charge is 1.00 e. The Morgan fingerprint density at radius 1 is 0.415 bits per heavy atom. The Balaban J connectivity index is 0.00000468. The van der Waals surface area contributed by atoms with Crippen molar-refractivity contribution in [1.29, 1.82) is 0 Å². The Morgan fingerprint density at radius 3 is 0.811 bits per heavy atom. The van der Waals surface area contributed by atoms with Gasteiger partial charge in [0.1, 0.15) is 0 Å². The molecule has 0 heterocycles. The third-order valence-electron chi connectivity index (χ3n) is 10.7. The van der Waals surface area contributed by atoms with E-state index in [9.17, 15) is 0 Å². The van der Waals surface area contributed by atoms with E-state index in [1.807, 2.05) is 0 Å². The zero-order chi connectivity index (χ0) is 37.7. The summed E-state index contributed by atoms with van der Waals surface area (Å²) in [5.41, 5.74) is 16.4. The number of hydrogen-bond acceptors (Lipinski definition) is 6. The Kier molecular flexibility index (Phi) is 17.1. The van der Waals surface area contributed by atoms with Gasteiger partial charge in [0, 0.05) is 0 Å². The van der Waals surface area contributed by atoms with Gasteiger partial charge in [-0.2, -0.15) is 0 Å². The third-order valence-corrected chi connectivity index (χ3v) is 22.9. The average molecular weight is 835 g/mol. The average Bonchev–Trinajstić information content (AvgIpc) is 3.20. The molecule has 0 saturated carbocycles. The van der Waals surface area contributed by atoms with Crippen LogP contribution in [0.2, 0.25) is 0 Å². The van der Waals surface area contributed by atoms with Crippen molar-refractivity contribution < 1.29 is 55.6 Å². The van der Waals surface area contributed by atoms with Crippen molar-refractivity contribution in [1.82, 2.24) is 0 Å². The topological polar surface area (TPSA) is 19.4 Å². The molecule has 0 aliphatic heterocycles. The van der Waals surface area contributed by atoms with Crippen LogP contribution in [-0.4, -0.2) is 90.5 Å². The maximum absolute atomic E-state index is 3.05. The zero-order valence-electron chi connectivity index (χ0n) is 35.9. The molecular weight excluding hydrogens is 771 g/mol. The summed E-state index contributed by atoms with van der Waals surface area (Å²) >= 11 is -0.892. The second-order valence-corrected chi connectivity index (χ2v) is 24.6. The van der Waals surface area contributed by atoms with E-state index in [1.54, 1.807) is 3.88 Å². The Labute approximate surface area is 351 Å². The minimum Gasteiger partial charge on any atom is -1.00 e. The van der Waals surface area contributed by atoms with E-state index in [4.69, 9.17) is 0 Å². The van der Waals surface area contributed by atoms with E-state index < -0.39 is 24.3 Å². The van der Waals surface area contributed by atoms with Crippen LogP contribution in [0.1, 0.15) is 44.4 Å². The Morgan fingerprint density at radius 2 is 0.642 bits per heavy atom. The Bertz CT molecular complexity index is 1590. The van der Waals surface area contributed by atoms with Gasteiger partial charge < -0.3 is 37.2 Å². The van der Waals surface area contributed by atoms with Crippen LogP contribution >= 0.6 is 0 Å². The van der Waals surface area contributed by atoms with Crippen LogP contribution in [-0.2, 0) is 18.4 Å². The number of hydrogen-bond donors (Lipinski definition) is 0. The van der Waals surface area contributed by atoms with Crippen LogP contribution in [0.25, 0.3) is 0 Å². The number of allylic oxidation sites excluding steroid dienone is 4. The van der Waals surface area contributed by atoms with Gasteiger partial charge in [-0.1, -0.05) is 0 Å². The third kappa shape index (κ3) is 8.92. The maximum Gasteiger partial charge on any atom is -1.00 e. The number of benzene rings is 3. The summed E-state index contributed by atoms with van der Waals surface area (Å²) < 4.78 is 1.70. The summed E-state index contributed by atoms with van der Waals surface area (Å²) in [5.74, 6) is -2.63. The van der Waals surface area contributed by atoms with Crippen molar-refractivity contribution in [2.75, 3.05) is 114 Å². The van der Waals surface area contributed by atoms with E-state index >= 15 is 0 Å². The van der Waals surface area contributed by atoms with E-state index in [1.165, 1.54) is 83.1 Å². The van der Waals surface area contributed by atoms with E-state index in [2.05, 4.69) is 199 Å². The predicted octanol–water partition coefficient (Wildman–Crippen LogP) is -2.67. The van der Waals surface area contributed by atoms with Gasteiger partial charge in [-0.05, 0) is 0 Å². The molecular formula is C42H64Cl3N6SiTi. The summed E-state index contributed by atoms with van der Waals surface area (Å²) in [6, 6.07) is 14.8. The molecule has 0 aromatic heterocycles. The monoisotopic (exact) mass is 833 g/mol. The standard InChI is InChI=1S/C33H51N6Si.C9H13.3ClH.Ti/c1-22-16-25(34(4)5)31(26(17-22)35(6)7)40(32-27(36(8)9)18-23(2)19-28(32)37(10)11)33-29(38(12)13)20-24(3)21-30(33)39(14)15;1-6-5-7(2)9(4)8(6)3;;;;/h16-21H,1-15H3;6H,1-4H3;3*1H;/q;;;;;+3/p-3. The van der Waals surface area contributed by atoms with Crippen molar-refractivity contribution in [3.63, 3.8) is 0 Å². The van der Waals surface area contributed by atoms with Gasteiger partial charge in [-0.3, -0.25) is 0 Å². The fourth-order valence-electron chi connectivity index (χ4n) is 7.84. The summed E-state index contributed by atoms with van der Waals surface area (Å²) in [6.07, 6.45) is 0. The van der Waals surface area contributed by atoms with Crippen LogP contribution in [0.3, 0.4) is 0 Å². The molecule has 1 unspecified atom stereocenters. The summed E-state index contributed by atoms with van der Waals surface area (Å²) in [4.78, 5) is 14.4. The Hall–Kier alpha value is -2.26. The van der Waals surface area contributed by atoms with Gasteiger partial charge in [0.15, 0.2) is 0 Å². The van der Waals surface area contributed by atoms with Crippen molar-refractivity contribution in [3.8, 4) is 0 Å². The normalized spacial score (nSPS) is 13.8. The molecule has 1 aliphatic rings. The second kappa shape index (κ2) is 18.6. The molecule has 11 heteroatoms. The fourth-order valence-corrected chi connectivity index (χ4v) is 23.6. The van der Waals surface area contributed by atoms with Gasteiger partial charge in [-0.15, -0.1) is 0 Å². The van der Waals surface area contributed by atoms with Gasteiger partial charge in [0.2, 0.25) is 0 Å². The fraction of sp³-hybridized carbons (Fsp3) is 0.476. The molecule has 3 aromatic carbocycles. The smallest absolute Gasteiger partial charge is 1.00 e. The summed E-state index contributed by atoms with van der Waals surface area (Å²) in [7, 11) is 27.0. The van der Waals surface area contributed by atoms with Gasteiger partial charge in [0.05, 0.1) is 0 Å². The molecule has 0 saturated heterocycles. The number of nitrogens with zero attached hydrogens (tertiary/aromatic N) is 6. The minimum absolute atomic E-state index is 0. The van der Waals surface area contributed by atoms with Crippen molar-refractivity contribution in [2.45, 2.75) is 48.5 Å². The first-order valence-corrected chi connectivity index (χ1v) is 23.0. The van der Waals surface area contributed by atoms with Crippen LogP contribution in [0, 0.1) is 26.7 Å².